The Kier molecular flexibility index (Phi) is 5.81. The highest BCUT2D eigenvalue weighted by Crippen LogP contribution is 2.37. The Labute approximate surface area is 149 Å². The lowest BCUT2D eigenvalue weighted by Crippen LogP contribution is -2.41. The van der Waals surface area contributed by atoms with Crippen LogP contribution in [0.5, 0.6) is 11.5 Å². The standard InChI is InChI=1S/C19H29N3O3/c1-24-15-9-14(10-16(11-15)25-2)3-6-21-18(23)17-12-19(13-22-17)4-7-20-8-5-19/h9-11,17,20,22H,3-8,12-13H2,1-2H3,(H,21,23)/t17-/m1/s1. The van der Waals surface area contributed by atoms with Crippen LogP contribution >= 0.6 is 0 Å². The first-order chi connectivity index (χ1) is 12.1. The van der Waals surface area contributed by atoms with E-state index >= 15 is 0 Å². The van der Waals surface area contributed by atoms with Gasteiger partial charge >= 0.3 is 0 Å². The molecule has 1 atom stereocenters. The van der Waals surface area contributed by atoms with Crippen LogP contribution in [0.3, 0.4) is 0 Å². The van der Waals surface area contributed by atoms with Crippen LogP contribution in [0.1, 0.15) is 24.8 Å². The predicted molar refractivity (Wildman–Crippen MR) is 97.2 cm³/mol. The monoisotopic (exact) mass is 347 g/mol. The van der Waals surface area contributed by atoms with Crippen LogP contribution in [-0.2, 0) is 11.2 Å². The smallest absolute Gasteiger partial charge is 0.237 e. The molecule has 0 unspecified atom stereocenters. The number of carbonyl (C=O) groups excluding carboxylic acids is 1. The molecule has 25 heavy (non-hydrogen) atoms. The van der Waals surface area contributed by atoms with Crippen molar-refractivity contribution in [3.05, 3.63) is 23.8 Å². The van der Waals surface area contributed by atoms with Crippen LogP contribution in [0.15, 0.2) is 18.2 Å². The number of amides is 1. The van der Waals surface area contributed by atoms with Gasteiger partial charge in [0.05, 0.1) is 20.3 Å². The summed E-state index contributed by atoms with van der Waals surface area (Å²) in [7, 11) is 3.28. The minimum atomic E-state index is -0.0575. The molecule has 6 nitrogen and oxygen atoms in total. The SMILES string of the molecule is COc1cc(CCNC(=O)[C@H]2CC3(CCNCC3)CN2)cc(OC)c1. The Balaban J connectivity index is 1.48. The third-order valence-electron chi connectivity index (χ3n) is 5.47. The second kappa shape index (κ2) is 8.06. The van der Waals surface area contributed by atoms with Crippen molar-refractivity contribution < 1.29 is 14.3 Å². The van der Waals surface area contributed by atoms with Gasteiger partial charge in [-0.2, -0.15) is 0 Å². The van der Waals surface area contributed by atoms with Crippen molar-refractivity contribution in [2.45, 2.75) is 31.7 Å². The third kappa shape index (κ3) is 4.44. The molecule has 0 bridgehead atoms. The first kappa shape index (κ1) is 18.0. The molecule has 0 saturated carbocycles. The van der Waals surface area contributed by atoms with E-state index in [0.29, 0.717) is 12.0 Å². The van der Waals surface area contributed by atoms with Crippen LogP contribution in [0.2, 0.25) is 0 Å². The van der Waals surface area contributed by atoms with Crippen molar-refractivity contribution in [1.29, 1.82) is 0 Å². The van der Waals surface area contributed by atoms with Crippen LogP contribution in [0, 0.1) is 5.41 Å². The zero-order chi connectivity index (χ0) is 17.7. The predicted octanol–water partition coefficient (Wildman–Crippen LogP) is 1.09. The summed E-state index contributed by atoms with van der Waals surface area (Å²) in [4.78, 5) is 12.5. The Bertz CT molecular complexity index is 577. The van der Waals surface area contributed by atoms with Gasteiger partial charge in [0.2, 0.25) is 5.91 Å². The molecule has 1 aromatic rings. The van der Waals surface area contributed by atoms with E-state index in [1.54, 1.807) is 14.2 Å². The molecule has 0 radical (unpaired) electrons. The summed E-state index contributed by atoms with van der Waals surface area (Å²) in [6, 6.07) is 5.75. The molecule has 0 aliphatic carbocycles. The number of piperidine rings is 1. The minimum Gasteiger partial charge on any atom is -0.497 e. The van der Waals surface area contributed by atoms with Crippen molar-refractivity contribution in [2.75, 3.05) is 40.4 Å². The maximum Gasteiger partial charge on any atom is 0.237 e. The second-order valence-electron chi connectivity index (χ2n) is 7.15. The van der Waals surface area contributed by atoms with E-state index < -0.39 is 0 Å². The molecule has 0 aromatic heterocycles. The van der Waals surface area contributed by atoms with Gasteiger partial charge in [-0.15, -0.1) is 0 Å². The second-order valence-corrected chi connectivity index (χ2v) is 7.15. The largest absolute Gasteiger partial charge is 0.497 e. The highest BCUT2D eigenvalue weighted by Gasteiger charge is 2.41. The van der Waals surface area contributed by atoms with Crippen LogP contribution in [-0.4, -0.2) is 52.3 Å². The average Bonchev–Trinajstić information content (AvgIpc) is 3.05. The zero-order valence-corrected chi connectivity index (χ0v) is 15.2. The van der Waals surface area contributed by atoms with Crippen molar-refractivity contribution >= 4 is 5.91 Å². The van der Waals surface area contributed by atoms with E-state index in [1.807, 2.05) is 18.2 Å². The number of rotatable bonds is 6. The van der Waals surface area contributed by atoms with Gasteiger partial charge < -0.3 is 25.4 Å². The number of methoxy groups -OCH3 is 2. The molecule has 2 fully saturated rings. The van der Waals surface area contributed by atoms with E-state index in [2.05, 4.69) is 16.0 Å². The fraction of sp³-hybridized carbons (Fsp3) is 0.632. The first-order valence-corrected chi connectivity index (χ1v) is 9.08. The van der Waals surface area contributed by atoms with E-state index in [-0.39, 0.29) is 11.9 Å². The Morgan fingerprint density at radius 2 is 1.88 bits per heavy atom. The summed E-state index contributed by atoms with van der Waals surface area (Å²) in [5.74, 6) is 1.65. The molecule has 138 valence electrons. The van der Waals surface area contributed by atoms with Crippen LogP contribution < -0.4 is 25.4 Å². The highest BCUT2D eigenvalue weighted by atomic mass is 16.5. The van der Waals surface area contributed by atoms with Gasteiger partial charge in [0.1, 0.15) is 11.5 Å². The van der Waals surface area contributed by atoms with Crippen molar-refractivity contribution in [3.63, 3.8) is 0 Å². The van der Waals surface area contributed by atoms with E-state index in [9.17, 15) is 4.79 Å². The van der Waals surface area contributed by atoms with E-state index in [0.717, 1.165) is 62.4 Å². The lowest BCUT2D eigenvalue weighted by molar-refractivity contribution is -0.122. The molecule has 2 aliphatic rings. The molecule has 3 rings (SSSR count). The number of hydrogen-bond donors (Lipinski definition) is 3. The summed E-state index contributed by atoms with van der Waals surface area (Å²) >= 11 is 0. The number of nitrogens with one attached hydrogen (secondary N) is 3. The number of carbonyl (C=O) groups is 1. The van der Waals surface area contributed by atoms with Gasteiger partial charge in [-0.1, -0.05) is 0 Å². The van der Waals surface area contributed by atoms with Gasteiger partial charge in [-0.3, -0.25) is 4.79 Å². The Hall–Kier alpha value is -1.79. The lowest BCUT2D eigenvalue weighted by atomic mass is 9.77. The van der Waals surface area contributed by atoms with Crippen LogP contribution in [0.25, 0.3) is 0 Å². The zero-order valence-electron chi connectivity index (χ0n) is 15.2. The molecule has 1 spiro atoms. The maximum atomic E-state index is 12.5. The summed E-state index contributed by atoms with van der Waals surface area (Å²) < 4.78 is 10.6. The summed E-state index contributed by atoms with van der Waals surface area (Å²) in [5, 5.41) is 9.90. The molecule has 3 N–H and O–H groups in total. The van der Waals surface area contributed by atoms with Crippen molar-refractivity contribution in [3.8, 4) is 11.5 Å². The minimum absolute atomic E-state index is 0.0575. The summed E-state index contributed by atoms with van der Waals surface area (Å²) in [6.45, 7) is 3.70. The van der Waals surface area contributed by atoms with Gasteiger partial charge in [0.15, 0.2) is 0 Å². The highest BCUT2D eigenvalue weighted by molar-refractivity contribution is 5.82. The first-order valence-electron chi connectivity index (χ1n) is 9.08. The lowest BCUT2D eigenvalue weighted by Gasteiger charge is -2.33. The van der Waals surface area contributed by atoms with E-state index in [4.69, 9.17) is 9.47 Å². The quantitative estimate of drug-likeness (QED) is 0.719. The topological polar surface area (TPSA) is 71.6 Å². The van der Waals surface area contributed by atoms with Crippen molar-refractivity contribution in [1.82, 2.24) is 16.0 Å². The number of ether oxygens (including phenoxy) is 2. The number of benzene rings is 1. The van der Waals surface area contributed by atoms with Crippen molar-refractivity contribution in [2.24, 2.45) is 5.41 Å². The fourth-order valence-corrected chi connectivity index (χ4v) is 3.90. The fourth-order valence-electron chi connectivity index (χ4n) is 3.90. The molecular weight excluding hydrogens is 318 g/mol. The normalized spacial score (nSPS) is 21.9. The summed E-state index contributed by atoms with van der Waals surface area (Å²) in [5.41, 5.74) is 1.40. The molecule has 2 aliphatic heterocycles. The Morgan fingerprint density at radius 1 is 1.20 bits per heavy atom. The average molecular weight is 347 g/mol. The molecule has 1 aromatic carbocycles. The van der Waals surface area contributed by atoms with Crippen LogP contribution in [0.4, 0.5) is 0 Å². The maximum absolute atomic E-state index is 12.5. The number of hydrogen-bond acceptors (Lipinski definition) is 5. The molecular formula is C19H29N3O3. The van der Waals surface area contributed by atoms with E-state index in [1.165, 1.54) is 0 Å². The van der Waals surface area contributed by atoms with Gasteiger partial charge in [0.25, 0.3) is 0 Å². The molecule has 2 saturated heterocycles. The summed E-state index contributed by atoms with van der Waals surface area (Å²) in [6.07, 6.45) is 4.02. The molecule has 2 heterocycles. The molecule has 1 amide bonds. The van der Waals surface area contributed by atoms with Gasteiger partial charge in [-0.05, 0) is 61.9 Å². The molecule has 6 heteroatoms. The van der Waals surface area contributed by atoms with Gasteiger partial charge in [0, 0.05) is 19.2 Å². The van der Waals surface area contributed by atoms with Gasteiger partial charge in [-0.25, -0.2) is 0 Å². The Morgan fingerprint density at radius 3 is 2.52 bits per heavy atom. The third-order valence-corrected chi connectivity index (χ3v) is 5.47.